The predicted molar refractivity (Wildman–Crippen MR) is 78.4 cm³/mol. The third kappa shape index (κ3) is 2.47. The van der Waals surface area contributed by atoms with Gasteiger partial charge in [0.2, 0.25) is 0 Å². The first kappa shape index (κ1) is 11.5. The van der Waals surface area contributed by atoms with Gasteiger partial charge >= 0.3 is 0 Å². The quantitative estimate of drug-likeness (QED) is 0.757. The molecule has 90 valence electrons. The van der Waals surface area contributed by atoms with Crippen LogP contribution in [-0.4, -0.2) is 4.98 Å². The van der Waals surface area contributed by atoms with E-state index in [-0.39, 0.29) is 0 Å². The third-order valence-corrected chi connectivity index (χ3v) is 3.91. The number of nitrogens with zero attached hydrogens (tertiary/aromatic N) is 1. The summed E-state index contributed by atoms with van der Waals surface area (Å²) in [7, 11) is 0. The Morgan fingerprint density at radius 2 is 1.83 bits per heavy atom. The summed E-state index contributed by atoms with van der Waals surface area (Å²) in [6.07, 6.45) is 0. The summed E-state index contributed by atoms with van der Waals surface area (Å²) >= 11 is 7.56. The molecule has 1 aromatic heterocycles. The van der Waals surface area contributed by atoms with Crippen molar-refractivity contribution in [2.45, 2.75) is 6.54 Å². The molecule has 4 heteroatoms. The molecule has 3 aromatic rings. The summed E-state index contributed by atoms with van der Waals surface area (Å²) in [5, 5.41) is 5.18. The van der Waals surface area contributed by atoms with E-state index in [9.17, 15) is 0 Å². The van der Waals surface area contributed by atoms with E-state index >= 15 is 0 Å². The van der Waals surface area contributed by atoms with Crippen LogP contribution in [0, 0.1) is 0 Å². The normalized spacial score (nSPS) is 10.7. The van der Waals surface area contributed by atoms with Gasteiger partial charge in [-0.05, 0) is 36.4 Å². The molecule has 0 radical (unpaired) electrons. The van der Waals surface area contributed by atoms with Crippen molar-refractivity contribution in [3.8, 4) is 0 Å². The summed E-state index contributed by atoms with van der Waals surface area (Å²) in [4.78, 5) is 4.58. The molecule has 0 saturated carbocycles. The second kappa shape index (κ2) is 4.96. The van der Waals surface area contributed by atoms with Crippen molar-refractivity contribution in [3.63, 3.8) is 0 Å². The van der Waals surface area contributed by atoms with Gasteiger partial charge in [-0.2, -0.15) is 0 Å². The standard InChI is InChI=1S/C14H11ClN2S/c15-10-5-7-11(8-6-10)16-9-14-17-12-3-1-2-4-13(12)18-14/h1-8,16H,9H2. The van der Waals surface area contributed by atoms with Gasteiger partial charge in [-0.25, -0.2) is 4.98 Å². The first-order valence-electron chi connectivity index (χ1n) is 5.65. The van der Waals surface area contributed by atoms with Crippen molar-refractivity contribution in [2.24, 2.45) is 0 Å². The summed E-state index contributed by atoms with van der Waals surface area (Å²) in [5.41, 5.74) is 2.12. The summed E-state index contributed by atoms with van der Waals surface area (Å²) < 4.78 is 1.23. The van der Waals surface area contributed by atoms with E-state index in [4.69, 9.17) is 11.6 Å². The zero-order valence-electron chi connectivity index (χ0n) is 9.56. The Morgan fingerprint density at radius 3 is 2.61 bits per heavy atom. The van der Waals surface area contributed by atoms with Gasteiger partial charge in [0.05, 0.1) is 16.8 Å². The molecule has 0 amide bonds. The molecule has 0 fully saturated rings. The van der Waals surface area contributed by atoms with Crippen LogP contribution in [0.15, 0.2) is 48.5 Å². The van der Waals surface area contributed by atoms with Crippen molar-refractivity contribution in [3.05, 3.63) is 58.6 Å². The lowest BCUT2D eigenvalue weighted by Gasteiger charge is -2.03. The highest BCUT2D eigenvalue weighted by molar-refractivity contribution is 7.18. The molecule has 2 aromatic carbocycles. The number of thiazole rings is 1. The number of nitrogens with one attached hydrogen (secondary N) is 1. The zero-order valence-corrected chi connectivity index (χ0v) is 11.1. The Kier molecular flexibility index (Phi) is 3.17. The van der Waals surface area contributed by atoms with E-state index in [1.807, 2.05) is 42.5 Å². The highest BCUT2D eigenvalue weighted by Gasteiger charge is 2.02. The average Bonchev–Trinajstić information content (AvgIpc) is 2.81. The molecule has 0 aliphatic carbocycles. The minimum Gasteiger partial charge on any atom is -0.379 e. The van der Waals surface area contributed by atoms with E-state index in [2.05, 4.69) is 16.4 Å². The Hall–Kier alpha value is -1.58. The fraction of sp³-hybridized carbons (Fsp3) is 0.0714. The van der Waals surface area contributed by atoms with Gasteiger partial charge in [0.1, 0.15) is 5.01 Å². The number of aromatic nitrogens is 1. The maximum atomic E-state index is 5.84. The zero-order chi connectivity index (χ0) is 12.4. The number of halogens is 1. The van der Waals surface area contributed by atoms with Crippen LogP contribution in [0.1, 0.15) is 5.01 Å². The van der Waals surface area contributed by atoms with E-state index in [1.54, 1.807) is 11.3 Å². The number of para-hydroxylation sites is 1. The van der Waals surface area contributed by atoms with Crippen LogP contribution < -0.4 is 5.32 Å². The Balaban J connectivity index is 1.74. The number of hydrogen-bond acceptors (Lipinski definition) is 3. The van der Waals surface area contributed by atoms with E-state index in [1.165, 1.54) is 4.70 Å². The molecule has 0 bridgehead atoms. The van der Waals surface area contributed by atoms with Crippen molar-refractivity contribution in [1.29, 1.82) is 0 Å². The lowest BCUT2D eigenvalue weighted by Crippen LogP contribution is -1.98. The van der Waals surface area contributed by atoms with E-state index in [0.717, 1.165) is 27.8 Å². The lowest BCUT2D eigenvalue weighted by molar-refractivity contribution is 1.12. The van der Waals surface area contributed by atoms with Crippen LogP contribution in [0.25, 0.3) is 10.2 Å². The molecular formula is C14H11ClN2S. The van der Waals surface area contributed by atoms with Crippen LogP contribution >= 0.6 is 22.9 Å². The molecule has 0 unspecified atom stereocenters. The smallest absolute Gasteiger partial charge is 0.113 e. The van der Waals surface area contributed by atoms with E-state index < -0.39 is 0 Å². The first-order valence-corrected chi connectivity index (χ1v) is 6.84. The molecule has 0 aliphatic heterocycles. The van der Waals surface area contributed by atoms with Crippen molar-refractivity contribution in [1.82, 2.24) is 4.98 Å². The lowest BCUT2D eigenvalue weighted by atomic mass is 10.3. The molecule has 0 spiro atoms. The highest BCUT2D eigenvalue weighted by atomic mass is 35.5. The van der Waals surface area contributed by atoms with Gasteiger partial charge in [-0.3, -0.25) is 0 Å². The van der Waals surface area contributed by atoms with Gasteiger partial charge in [0, 0.05) is 10.7 Å². The summed E-state index contributed by atoms with van der Waals surface area (Å²) in [6.45, 7) is 0.737. The molecule has 2 nitrogen and oxygen atoms in total. The SMILES string of the molecule is Clc1ccc(NCc2nc3ccccc3s2)cc1. The molecule has 1 heterocycles. The number of fused-ring (bicyclic) bond motifs is 1. The minimum atomic E-state index is 0.737. The van der Waals surface area contributed by atoms with Gasteiger partial charge in [0.15, 0.2) is 0 Å². The van der Waals surface area contributed by atoms with Crippen molar-refractivity contribution < 1.29 is 0 Å². The molecule has 3 rings (SSSR count). The van der Waals surface area contributed by atoms with Crippen molar-refractivity contribution in [2.75, 3.05) is 5.32 Å². The molecule has 0 saturated heterocycles. The topological polar surface area (TPSA) is 24.9 Å². The van der Waals surface area contributed by atoms with Gasteiger partial charge in [0.25, 0.3) is 0 Å². The van der Waals surface area contributed by atoms with Crippen LogP contribution in [0.3, 0.4) is 0 Å². The van der Waals surface area contributed by atoms with Crippen molar-refractivity contribution >= 4 is 38.8 Å². The maximum Gasteiger partial charge on any atom is 0.113 e. The monoisotopic (exact) mass is 274 g/mol. The minimum absolute atomic E-state index is 0.737. The fourth-order valence-corrected chi connectivity index (χ4v) is 2.77. The first-order chi connectivity index (χ1) is 8.81. The third-order valence-electron chi connectivity index (χ3n) is 2.63. The van der Waals surface area contributed by atoms with Crippen LogP contribution in [0.5, 0.6) is 0 Å². The Labute approximate surface area is 114 Å². The second-order valence-corrected chi connectivity index (χ2v) is 5.49. The van der Waals surface area contributed by atoms with Crippen LogP contribution in [0.2, 0.25) is 5.02 Å². The average molecular weight is 275 g/mol. The fourth-order valence-electron chi connectivity index (χ4n) is 1.74. The second-order valence-electron chi connectivity index (χ2n) is 3.94. The molecule has 18 heavy (non-hydrogen) atoms. The van der Waals surface area contributed by atoms with Gasteiger partial charge < -0.3 is 5.32 Å². The summed E-state index contributed by atoms with van der Waals surface area (Å²) in [5.74, 6) is 0. The van der Waals surface area contributed by atoms with Crippen LogP contribution in [-0.2, 0) is 6.54 Å². The molecule has 1 N–H and O–H groups in total. The number of benzene rings is 2. The largest absolute Gasteiger partial charge is 0.379 e. The molecular weight excluding hydrogens is 264 g/mol. The highest BCUT2D eigenvalue weighted by Crippen LogP contribution is 2.22. The number of anilines is 1. The van der Waals surface area contributed by atoms with Gasteiger partial charge in [-0.1, -0.05) is 23.7 Å². The Bertz CT molecular complexity index is 628. The van der Waals surface area contributed by atoms with Crippen LogP contribution in [0.4, 0.5) is 5.69 Å². The summed E-state index contributed by atoms with van der Waals surface area (Å²) in [6, 6.07) is 15.9. The number of hydrogen-bond donors (Lipinski definition) is 1. The maximum absolute atomic E-state index is 5.84. The Morgan fingerprint density at radius 1 is 1.06 bits per heavy atom. The van der Waals surface area contributed by atoms with E-state index in [0.29, 0.717) is 0 Å². The van der Waals surface area contributed by atoms with Gasteiger partial charge in [-0.15, -0.1) is 11.3 Å². The molecule has 0 atom stereocenters. The predicted octanol–water partition coefficient (Wildman–Crippen LogP) is 4.56. The molecule has 0 aliphatic rings. The number of rotatable bonds is 3.